The first-order valence-corrected chi connectivity index (χ1v) is 8.86. The number of ether oxygens (including phenoxy) is 1. The van der Waals surface area contributed by atoms with E-state index in [1.165, 1.54) is 4.88 Å². The van der Waals surface area contributed by atoms with Crippen molar-refractivity contribution in [1.29, 1.82) is 0 Å². The Balaban J connectivity index is 1.86. The van der Waals surface area contributed by atoms with Crippen LogP contribution in [0.1, 0.15) is 17.8 Å². The number of nitrogens with one attached hydrogen (secondary N) is 2. The van der Waals surface area contributed by atoms with Gasteiger partial charge >= 0.3 is 0 Å². The molecule has 0 amide bonds. The summed E-state index contributed by atoms with van der Waals surface area (Å²) in [6.07, 6.45) is 0. The Morgan fingerprint density at radius 3 is 2.57 bits per heavy atom. The number of rotatable bonds is 7. The van der Waals surface area contributed by atoms with E-state index in [9.17, 15) is 0 Å². The highest BCUT2D eigenvalue weighted by Gasteiger charge is 2.15. The molecule has 124 valence electrons. The van der Waals surface area contributed by atoms with Gasteiger partial charge in [0.25, 0.3) is 0 Å². The van der Waals surface area contributed by atoms with E-state index in [0.717, 1.165) is 18.0 Å². The van der Waals surface area contributed by atoms with Gasteiger partial charge in [0.05, 0.1) is 12.6 Å². The first kappa shape index (κ1) is 17.7. The molecule has 0 saturated carbocycles. The minimum Gasteiger partial charge on any atom is -0.494 e. The Kier molecular flexibility index (Phi) is 6.83. The zero-order valence-electron chi connectivity index (χ0n) is 13.7. The average Bonchev–Trinajstić information content (AvgIpc) is 3.03. The van der Waals surface area contributed by atoms with Crippen molar-refractivity contribution < 1.29 is 4.74 Å². The Bertz CT molecular complexity index is 597. The van der Waals surface area contributed by atoms with Gasteiger partial charge in [0.15, 0.2) is 5.11 Å². The maximum atomic E-state index is 5.43. The molecule has 2 N–H and O–H groups in total. The van der Waals surface area contributed by atoms with Crippen LogP contribution in [0.5, 0.6) is 5.75 Å². The number of thiophene rings is 1. The van der Waals surface area contributed by atoms with Gasteiger partial charge in [-0.15, -0.1) is 11.3 Å². The molecule has 0 spiro atoms. The second-order valence-corrected chi connectivity index (χ2v) is 6.67. The van der Waals surface area contributed by atoms with Crippen LogP contribution < -0.4 is 15.4 Å². The van der Waals surface area contributed by atoms with Crippen LogP contribution in [0.4, 0.5) is 5.69 Å². The van der Waals surface area contributed by atoms with Gasteiger partial charge in [-0.3, -0.25) is 0 Å². The van der Waals surface area contributed by atoms with Crippen molar-refractivity contribution in [3.05, 3.63) is 46.7 Å². The largest absolute Gasteiger partial charge is 0.494 e. The lowest BCUT2D eigenvalue weighted by Gasteiger charge is -2.24. The van der Waals surface area contributed by atoms with Crippen LogP contribution >= 0.6 is 23.6 Å². The van der Waals surface area contributed by atoms with Crippen LogP contribution in [0.15, 0.2) is 41.8 Å². The summed E-state index contributed by atoms with van der Waals surface area (Å²) < 4.78 is 5.43. The van der Waals surface area contributed by atoms with Crippen molar-refractivity contribution in [1.82, 2.24) is 10.2 Å². The highest BCUT2D eigenvalue weighted by molar-refractivity contribution is 7.80. The van der Waals surface area contributed by atoms with Gasteiger partial charge in [0, 0.05) is 17.1 Å². The monoisotopic (exact) mass is 349 g/mol. The van der Waals surface area contributed by atoms with Crippen molar-refractivity contribution in [2.45, 2.75) is 13.0 Å². The highest BCUT2D eigenvalue weighted by Crippen LogP contribution is 2.22. The first-order valence-electron chi connectivity index (χ1n) is 7.57. The third-order valence-corrected chi connectivity index (χ3v) is 4.59. The lowest BCUT2D eigenvalue weighted by Crippen LogP contribution is -2.36. The molecule has 1 aromatic heterocycles. The van der Waals surface area contributed by atoms with E-state index in [4.69, 9.17) is 17.0 Å². The minimum absolute atomic E-state index is 0.301. The fraction of sp³-hybridized carbons (Fsp3) is 0.353. The number of anilines is 1. The molecule has 23 heavy (non-hydrogen) atoms. The molecule has 0 saturated heterocycles. The smallest absolute Gasteiger partial charge is 0.170 e. The van der Waals surface area contributed by atoms with Crippen LogP contribution in [-0.4, -0.2) is 37.3 Å². The summed E-state index contributed by atoms with van der Waals surface area (Å²) in [5.74, 6) is 0.863. The molecular weight excluding hydrogens is 326 g/mol. The van der Waals surface area contributed by atoms with Gasteiger partial charge in [-0.25, -0.2) is 0 Å². The minimum atomic E-state index is 0.301. The van der Waals surface area contributed by atoms with Crippen LogP contribution in [0.2, 0.25) is 0 Å². The lowest BCUT2D eigenvalue weighted by molar-refractivity contribution is 0.303. The molecule has 2 aromatic rings. The summed E-state index contributed by atoms with van der Waals surface area (Å²) in [5, 5.41) is 9.22. The highest BCUT2D eigenvalue weighted by atomic mass is 32.1. The van der Waals surface area contributed by atoms with E-state index in [0.29, 0.717) is 17.8 Å². The SMILES string of the molecule is CCOc1ccc(NC(=S)NC[C@H](c2cccs2)N(C)C)cc1. The molecule has 0 aliphatic carbocycles. The van der Waals surface area contributed by atoms with Crippen LogP contribution in [0, 0.1) is 0 Å². The van der Waals surface area contributed by atoms with Gasteiger partial charge in [0.1, 0.15) is 5.75 Å². The van der Waals surface area contributed by atoms with Crippen LogP contribution in [0.25, 0.3) is 0 Å². The fourth-order valence-electron chi connectivity index (χ4n) is 2.18. The topological polar surface area (TPSA) is 36.5 Å². The molecule has 4 nitrogen and oxygen atoms in total. The van der Waals surface area contributed by atoms with Crippen molar-refractivity contribution in [2.24, 2.45) is 0 Å². The summed E-state index contributed by atoms with van der Waals surface area (Å²) in [6, 6.07) is 12.3. The van der Waals surface area contributed by atoms with E-state index in [1.807, 2.05) is 31.2 Å². The molecule has 0 aliphatic heterocycles. The molecule has 1 heterocycles. The third-order valence-electron chi connectivity index (χ3n) is 3.37. The normalized spacial score (nSPS) is 12.0. The predicted molar refractivity (Wildman–Crippen MR) is 103 cm³/mol. The van der Waals surface area contributed by atoms with Gasteiger partial charge in [-0.2, -0.15) is 0 Å². The summed E-state index contributed by atoms with van der Waals surface area (Å²) >= 11 is 7.15. The van der Waals surface area contributed by atoms with Gasteiger partial charge in [-0.05, 0) is 68.9 Å². The quantitative estimate of drug-likeness (QED) is 0.745. The van der Waals surface area contributed by atoms with Crippen molar-refractivity contribution in [3.63, 3.8) is 0 Å². The Hall–Kier alpha value is -1.63. The van der Waals surface area contributed by atoms with Crippen LogP contribution in [-0.2, 0) is 0 Å². The maximum Gasteiger partial charge on any atom is 0.170 e. The van der Waals surface area contributed by atoms with Gasteiger partial charge in [0.2, 0.25) is 0 Å². The molecule has 0 bridgehead atoms. The van der Waals surface area contributed by atoms with E-state index in [2.05, 4.69) is 47.1 Å². The average molecular weight is 350 g/mol. The van der Waals surface area contributed by atoms with Gasteiger partial charge < -0.3 is 20.3 Å². The van der Waals surface area contributed by atoms with E-state index in [1.54, 1.807) is 11.3 Å². The molecular formula is C17H23N3OS2. The van der Waals surface area contributed by atoms with Crippen molar-refractivity contribution in [3.8, 4) is 5.75 Å². The van der Waals surface area contributed by atoms with Crippen molar-refractivity contribution >= 4 is 34.4 Å². The fourth-order valence-corrected chi connectivity index (χ4v) is 3.31. The number of hydrogen-bond acceptors (Lipinski definition) is 4. The molecule has 0 radical (unpaired) electrons. The van der Waals surface area contributed by atoms with E-state index >= 15 is 0 Å². The Morgan fingerprint density at radius 2 is 2.00 bits per heavy atom. The number of thiocarbonyl (C=S) groups is 1. The molecule has 2 rings (SSSR count). The van der Waals surface area contributed by atoms with Gasteiger partial charge in [-0.1, -0.05) is 6.07 Å². The molecule has 0 fully saturated rings. The second kappa shape index (κ2) is 8.86. The molecule has 1 aromatic carbocycles. The lowest BCUT2D eigenvalue weighted by atomic mass is 10.2. The standard InChI is InChI=1S/C17H23N3OS2/c1-4-21-14-9-7-13(8-10-14)19-17(22)18-12-15(20(2)3)16-6-5-11-23-16/h5-11,15H,4,12H2,1-3H3,(H2,18,19,22)/t15-/m1/s1. The maximum absolute atomic E-state index is 5.43. The van der Waals surface area contributed by atoms with E-state index < -0.39 is 0 Å². The van der Waals surface area contributed by atoms with Crippen molar-refractivity contribution in [2.75, 3.05) is 32.6 Å². The Morgan fingerprint density at radius 1 is 1.26 bits per heavy atom. The summed E-state index contributed by atoms with van der Waals surface area (Å²) in [6.45, 7) is 3.40. The summed E-state index contributed by atoms with van der Waals surface area (Å²) in [5.41, 5.74) is 0.948. The number of benzene rings is 1. The first-order chi connectivity index (χ1) is 11.1. The molecule has 0 unspecified atom stereocenters. The zero-order valence-corrected chi connectivity index (χ0v) is 15.3. The number of hydrogen-bond donors (Lipinski definition) is 2. The summed E-state index contributed by atoms with van der Waals surface area (Å²) in [4.78, 5) is 3.52. The second-order valence-electron chi connectivity index (χ2n) is 5.29. The number of nitrogens with zero attached hydrogens (tertiary/aromatic N) is 1. The molecule has 0 aliphatic rings. The zero-order chi connectivity index (χ0) is 16.7. The molecule has 6 heteroatoms. The molecule has 1 atom stereocenters. The Labute approximate surface area is 147 Å². The number of likely N-dealkylation sites (N-methyl/N-ethyl adjacent to an activating group) is 1. The predicted octanol–water partition coefficient (Wildman–Crippen LogP) is 3.74. The summed E-state index contributed by atoms with van der Waals surface area (Å²) in [7, 11) is 4.16. The van der Waals surface area contributed by atoms with E-state index in [-0.39, 0.29) is 0 Å². The third kappa shape index (κ3) is 5.49. The van der Waals surface area contributed by atoms with Crippen LogP contribution in [0.3, 0.4) is 0 Å².